The molecule has 0 bridgehead atoms. The van der Waals surface area contributed by atoms with Crippen LogP contribution in [0.3, 0.4) is 0 Å². The van der Waals surface area contributed by atoms with Crippen molar-refractivity contribution in [3.8, 4) is 17.2 Å². The van der Waals surface area contributed by atoms with Crippen molar-refractivity contribution in [3.63, 3.8) is 0 Å². The van der Waals surface area contributed by atoms with E-state index in [1.807, 2.05) is 59.8 Å². The molecule has 3 aromatic heterocycles. The van der Waals surface area contributed by atoms with Crippen molar-refractivity contribution in [3.05, 3.63) is 66.1 Å². The normalized spacial score (nSPS) is 15.7. The van der Waals surface area contributed by atoms with Gasteiger partial charge in [-0.3, -0.25) is 4.79 Å². The van der Waals surface area contributed by atoms with Crippen LogP contribution in [0.15, 0.2) is 59.3 Å². The number of fused-ring (bicyclic) bond motifs is 1. The minimum atomic E-state index is -0.102. The molecule has 0 aliphatic carbocycles. The first-order valence-corrected chi connectivity index (χ1v) is 12.0. The van der Waals surface area contributed by atoms with Crippen LogP contribution in [-0.4, -0.2) is 51.9 Å². The number of furan rings is 1. The van der Waals surface area contributed by atoms with Gasteiger partial charge < -0.3 is 18.8 Å². The van der Waals surface area contributed by atoms with E-state index in [1.165, 1.54) is 0 Å². The third kappa shape index (κ3) is 4.66. The van der Waals surface area contributed by atoms with Crippen LogP contribution in [-0.2, 0) is 11.3 Å². The van der Waals surface area contributed by atoms with Gasteiger partial charge in [0.05, 0.1) is 36.6 Å². The molecule has 182 valence electrons. The molecular formula is C27H30N4O4. The monoisotopic (exact) mass is 474 g/mol. The molecule has 1 amide bonds. The summed E-state index contributed by atoms with van der Waals surface area (Å²) < 4.78 is 18.9. The number of para-hydroxylation sites is 1. The first kappa shape index (κ1) is 23.1. The Hall–Kier alpha value is -3.65. The Balaban J connectivity index is 1.59. The number of ether oxygens (including phenoxy) is 2. The van der Waals surface area contributed by atoms with Gasteiger partial charge in [-0.2, -0.15) is 5.10 Å². The van der Waals surface area contributed by atoms with E-state index in [1.54, 1.807) is 25.6 Å². The van der Waals surface area contributed by atoms with Crippen molar-refractivity contribution in [1.82, 2.24) is 19.7 Å². The van der Waals surface area contributed by atoms with Gasteiger partial charge in [0.15, 0.2) is 11.4 Å². The van der Waals surface area contributed by atoms with Crippen LogP contribution in [0.25, 0.3) is 22.5 Å². The SMILES string of the molecule is COc1ccccc1CN(CC1CCCO1)C(=O)c1cc(-c2ccco2)nc2c1cnn2C(C)C. The highest BCUT2D eigenvalue weighted by atomic mass is 16.5. The standard InChI is InChI=1S/C27H30N4O4/c1-18(2)31-26-22(15-28-31)21(14-23(29-26)25-11-7-13-35-25)27(32)30(17-20-9-6-12-34-20)16-19-8-4-5-10-24(19)33-3/h4-5,7-8,10-11,13-15,18,20H,6,9,12,16-17H2,1-3H3. The molecule has 1 fully saturated rings. The molecule has 8 heteroatoms. The lowest BCUT2D eigenvalue weighted by molar-refractivity contribution is 0.0507. The van der Waals surface area contributed by atoms with E-state index in [2.05, 4.69) is 5.10 Å². The van der Waals surface area contributed by atoms with Crippen LogP contribution < -0.4 is 4.74 Å². The summed E-state index contributed by atoms with van der Waals surface area (Å²) in [6.45, 7) is 5.71. The zero-order chi connectivity index (χ0) is 24.4. The largest absolute Gasteiger partial charge is 0.496 e. The maximum Gasteiger partial charge on any atom is 0.255 e. The molecular weight excluding hydrogens is 444 g/mol. The molecule has 8 nitrogen and oxygen atoms in total. The van der Waals surface area contributed by atoms with Crippen molar-refractivity contribution in [2.24, 2.45) is 0 Å². The summed E-state index contributed by atoms with van der Waals surface area (Å²) >= 11 is 0. The molecule has 1 atom stereocenters. The Morgan fingerprint density at radius 2 is 2.11 bits per heavy atom. The van der Waals surface area contributed by atoms with Crippen molar-refractivity contribution in [1.29, 1.82) is 0 Å². The Kier molecular flexibility index (Phi) is 6.55. The van der Waals surface area contributed by atoms with E-state index in [-0.39, 0.29) is 18.1 Å². The van der Waals surface area contributed by atoms with Crippen molar-refractivity contribution < 1.29 is 18.7 Å². The van der Waals surface area contributed by atoms with Gasteiger partial charge in [0.25, 0.3) is 5.91 Å². The second kappa shape index (κ2) is 9.92. The second-order valence-electron chi connectivity index (χ2n) is 9.09. The van der Waals surface area contributed by atoms with Crippen LogP contribution in [0.2, 0.25) is 0 Å². The van der Waals surface area contributed by atoms with Gasteiger partial charge in [-0.15, -0.1) is 0 Å². The molecule has 1 saturated heterocycles. The number of amides is 1. The van der Waals surface area contributed by atoms with Gasteiger partial charge >= 0.3 is 0 Å². The van der Waals surface area contributed by atoms with Crippen LogP contribution in [0.5, 0.6) is 5.75 Å². The number of hydrogen-bond donors (Lipinski definition) is 0. The number of benzene rings is 1. The third-order valence-corrected chi connectivity index (χ3v) is 6.35. The van der Waals surface area contributed by atoms with Gasteiger partial charge in [-0.05, 0) is 51.0 Å². The van der Waals surface area contributed by atoms with Gasteiger partial charge in [-0.25, -0.2) is 9.67 Å². The minimum absolute atomic E-state index is 0.00826. The summed E-state index contributed by atoms with van der Waals surface area (Å²) in [7, 11) is 1.65. The lowest BCUT2D eigenvalue weighted by Gasteiger charge is -2.27. The highest BCUT2D eigenvalue weighted by Crippen LogP contribution is 2.29. The van der Waals surface area contributed by atoms with Gasteiger partial charge in [0.1, 0.15) is 11.4 Å². The van der Waals surface area contributed by atoms with E-state index < -0.39 is 0 Å². The molecule has 0 spiro atoms. The third-order valence-electron chi connectivity index (χ3n) is 6.35. The van der Waals surface area contributed by atoms with Crippen molar-refractivity contribution in [2.45, 2.75) is 45.4 Å². The number of rotatable bonds is 8. The number of pyridine rings is 1. The van der Waals surface area contributed by atoms with E-state index in [9.17, 15) is 4.79 Å². The number of methoxy groups -OCH3 is 1. The molecule has 4 aromatic rings. The number of carbonyl (C=O) groups is 1. The van der Waals surface area contributed by atoms with Crippen LogP contribution in [0, 0.1) is 0 Å². The molecule has 1 aliphatic rings. The first-order valence-electron chi connectivity index (χ1n) is 12.0. The van der Waals surface area contributed by atoms with E-state index in [0.717, 1.165) is 36.1 Å². The predicted molar refractivity (Wildman–Crippen MR) is 132 cm³/mol. The fourth-order valence-corrected chi connectivity index (χ4v) is 4.59. The van der Waals surface area contributed by atoms with E-state index in [0.29, 0.717) is 35.8 Å². The zero-order valence-electron chi connectivity index (χ0n) is 20.3. The molecule has 1 unspecified atom stereocenters. The van der Waals surface area contributed by atoms with Gasteiger partial charge in [0, 0.05) is 31.3 Å². The summed E-state index contributed by atoms with van der Waals surface area (Å²) in [5.41, 5.74) is 2.74. The van der Waals surface area contributed by atoms with Gasteiger partial charge in [-0.1, -0.05) is 18.2 Å². The fraction of sp³-hybridized carbons (Fsp3) is 0.370. The van der Waals surface area contributed by atoms with Crippen LogP contribution >= 0.6 is 0 Å². The maximum absolute atomic E-state index is 14.2. The molecule has 0 N–H and O–H groups in total. The Bertz CT molecular complexity index is 1310. The summed E-state index contributed by atoms with van der Waals surface area (Å²) in [4.78, 5) is 20.8. The first-order chi connectivity index (χ1) is 17.0. The number of aromatic nitrogens is 3. The van der Waals surface area contributed by atoms with Crippen LogP contribution in [0.1, 0.15) is 48.7 Å². The molecule has 35 heavy (non-hydrogen) atoms. The summed E-state index contributed by atoms with van der Waals surface area (Å²) in [6.07, 6.45) is 5.28. The Morgan fingerprint density at radius 3 is 2.83 bits per heavy atom. The van der Waals surface area contributed by atoms with Crippen LogP contribution in [0.4, 0.5) is 0 Å². The quantitative estimate of drug-likeness (QED) is 0.353. The summed E-state index contributed by atoms with van der Waals surface area (Å²) in [5, 5.41) is 5.26. The molecule has 0 radical (unpaired) electrons. The van der Waals surface area contributed by atoms with Crippen molar-refractivity contribution in [2.75, 3.05) is 20.3 Å². The number of hydrogen-bond acceptors (Lipinski definition) is 6. The number of nitrogens with zero attached hydrogens (tertiary/aromatic N) is 4. The Morgan fingerprint density at radius 1 is 1.26 bits per heavy atom. The molecule has 1 aromatic carbocycles. The fourth-order valence-electron chi connectivity index (χ4n) is 4.59. The van der Waals surface area contributed by atoms with Gasteiger partial charge in [0.2, 0.25) is 0 Å². The highest BCUT2D eigenvalue weighted by Gasteiger charge is 2.27. The molecule has 0 saturated carbocycles. The Labute approximate surface area is 204 Å². The number of carbonyl (C=O) groups excluding carboxylic acids is 1. The van der Waals surface area contributed by atoms with E-state index >= 15 is 0 Å². The molecule has 1 aliphatic heterocycles. The zero-order valence-corrected chi connectivity index (χ0v) is 20.3. The smallest absolute Gasteiger partial charge is 0.255 e. The topological polar surface area (TPSA) is 82.6 Å². The molecule has 4 heterocycles. The average molecular weight is 475 g/mol. The second-order valence-corrected chi connectivity index (χ2v) is 9.09. The minimum Gasteiger partial charge on any atom is -0.496 e. The maximum atomic E-state index is 14.2. The predicted octanol–water partition coefficient (Wildman–Crippen LogP) is 5.10. The van der Waals surface area contributed by atoms with E-state index in [4.69, 9.17) is 18.9 Å². The lowest BCUT2D eigenvalue weighted by atomic mass is 10.1. The molecule has 5 rings (SSSR count). The lowest BCUT2D eigenvalue weighted by Crippen LogP contribution is -2.37. The summed E-state index contributed by atoms with van der Waals surface area (Å²) in [6, 6.07) is 13.3. The average Bonchev–Trinajstić information content (AvgIpc) is 3.64. The highest BCUT2D eigenvalue weighted by molar-refractivity contribution is 6.06. The van der Waals surface area contributed by atoms with Crippen molar-refractivity contribution >= 4 is 16.9 Å². The summed E-state index contributed by atoms with van der Waals surface area (Å²) in [5.74, 6) is 1.25.